The second-order valence-electron chi connectivity index (χ2n) is 14.7. The summed E-state index contributed by atoms with van der Waals surface area (Å²) in [5.74, 6) is -14.1. The molecule has 1 aliphatic heterocycles. The number of rotatable bonds is 3. The molecule has 7 rings (SSSR count). The van der Waals surface area contributed by atoms with Crippen LogP contribution in [0.1, 0.15) is 104 Å². The number of hydrogen-bond donors (Lipinski definition) is 1. The van der Waals surface area contributed by atoms with Gasteiger partial charge in [-0.05, 0) is 96.8 Å². The summed E-state index contributed by atoms with van der Waals surface area (Å²) in [6, 6.07) is 0. The van der Waals surface area contributed by atoms with Gasteiger partial charge in [-0.1, -0.05) is 7.43 Å². The van der Waals surface area contributed by atoms with Crippen LogP contribution in [0, 0.1) is 53.3 Å². The van der Waals surface area contributed by atoms with Crippen LogP contribution >= 0.6 is 0 Å². The molecule has 9 nitrogen and oxygen atoms in total. The molecule has 0 aromatic carbocycles. The number of methoxy groups -OCH3 is 2. The molecule has 0 amide bonds. The van der Waals surface area contributed by atoms with Gasteiger partial charge in [0.1, 0.15) is 0 Å². The van der Waals surface area contributed by atoms with Gasteiger partial charge < -0.3 is 29.9 Å². The fraction of sp³-hybridized carbons (Fsp3) is 0.917. The Bertz CT molecular complexity index is 1020. The molecule has 6 aliphatic carbocycles. The quantitative estimate of drug-likeness (QED) is 0.253. The van der Waals surface area contributed by atoms with Crippen molar-refractivity contribution in [2.24, 2.45) is 53.3 Å². The summed E-state index contributed by atoms with van der Waals surface area (Å²) in [5.41, 5.74) is 0. The Hall–Kier alpha value is -0.130. The van der Waals surface area contributed by atoms with Crippen LogP contribution in [-0.4, -0.2) is 80.3 Å². The number of aliphatic carboxylic acids is 1. The first-order chi connectivity index (χ1) is 23.0. The average Bonchev–Trinajstić information content (AvgIpc) is 3.58. The fourth-order valence-corrected chi connectivity index (χ4v) is 9.02. The van der Waals surface area contributed by atoms with Crippen molar-refractivity contribution in [1.29, 1.82) is 0 Å². The summed E-state index contributed by atoms with van der Waals surface area (Å²) in [5, 5.41) is 17.0. The molecule has 1 heterocycles. The first-order valence-electron chi connectivity index (χ1n) is 17.6. The van der Waals surface area contributed by atoms with E-state index in [4.69, 9.17) is 14.9 Å². The maximum absolute atomic E-state index is 13.4. The molecule has 0 radical (unpaired) electrons. The maximum atomic E-state index is 13.4. The van der Waals surface area contributed by atoms with Crippen molar-refractivity contribution in [2.75, 3.05) is 27.9 Å². The van der Waals surface area contributed by atoms with Gasteiger partial charge in [-0.2, -0.15) is 7.11 Å². The molecule has 17 heteroatoms. The molecular formula is C36H58F6Na2O9. The standard InChI is InChI=1S/2C10H14F2O2.C9H12F2O2.C5H10O.CH3O.CH4.2Na.H2O/c2*1-14-9(13)6-4-7-2-3-8(5-6)10(7,11)12;10-9(11)6-1-2-7(9)4-5(3-6)8(12)13;1-5-3-2-4-6-5;1-2;;;;/h2*6-8H,2-5H2,1H3;5-7H,1-4H2,(H,12,13);5H,2-4H2,1H3;1H3;1H4;;;1H2/q;;;;-1;;2*+1;/p-1. The normalized spacial score (nSPS) is 35.2. The van der Waals surface area contributed by atoms with Crippen molar-refractivity contribution in [3.63, 3.8) is 0 Å². The fourth-order valence-electron chi connectivity index (χ4n) is 9.02. The summed E-state index contributed by atoms with van der Waals surface area (Å²) in [7, 11) is 3.38. The van der Waals surface area contributed by atoms with Crippen LogP contribution in [0.5, 0.6) is 0 Å². The summed E-state index contributed by atoms with van der Waals surface area (Å²) >= 11 is 0. The van der Waals surface area contributed by atoms with Crippen LogP contribution in [0.2, 0.25) is 0 Å². The third kappa shape index (κ3) is 13.5. The van der Waals surface area contributed by atoms with Crippen molar-refractivity contribution >= 4 is 17.9 Å². The predicted molar refractivity (Wildman–Crippen MR) is 173 cm³/mol. The molecule has 300 valence electrons. The number of esters is 2. The van der Waals surface area contributed by atoms with Crippen LogP contribution in [0.25, 0.3) is 0 Å². The minimum Gasteiger partial charge on any atom is -0.870 e. The van der Waals surface area contributed by atoms with E-state index in [0.29, 0.717) is 70.3 Å². The third-order valence-corrected chi connectivity index (χ3v) is 11.8. The van der Waals surface area contributed by atoms with Crippen molar-refractivity contribution < 1.29 is 130 Å². The summed E-state index contributed by atoms with van der Waals surface area (Å²) < 4.78 is 94.7. The largest absolute Gasteiger partial charge is 1.00 e. The molecule has 6 bridgehead atoms. The molecule has 7 unspecified atom stereocenters. The number of ether oxygens (including phenoxy) is 3. The smallest absolute Gasteiger partial charge is 0.870 e. The molecule has 7 aliphatic rings. The first kappa shape index (κ1) is 55.0. The number of alkyl halides is 6. The number of carbonyl (C=O) groups is 3. The van der Waals surface area contributed by atoms with E-state index in [1.807, 2.05) is 0 Å². The Kier molecular flexibility index (Phi) is 24.8. The molecule has 0 spiro atoms. The second kappa shape index (κ2) is 23.9. The van der Waals surface area contributed by atoms with Crippen LogP contribution in [0.15, 0.2) is 0 Å². The molecule has 1 saturated heterocycles. The van der Waals surface area contributed by atoms with Gasteiger partial charge in [-0.3, -0.25) is 14.4 Å². The number of carbonyl (C=O) groups excluding carboxylic acids is 2. The van der Waals surface area contributed by atoms with E-state index in [1.54, 1.807) is 0 Å². The number of halogens is 6. The number of hydrogen-bond acceptors (Lipinski definition) is 8. The molecule has 53 heavy (non-hydrogen) atoms. The minimum absolute atomic E-state index is 0. The monoisotopic (exact) mass is 794 g/mol. The van der Waals surface area contributed by atoms with Gasteiger partial charge in [0.15, 0.2) is 0 Å². The van der Waals surface area contributed by atoms with E-state index in [2.05, 4.69) is 16.4 Å². The Balaban J connectivity index is 0. The minimum atomic E-state index is -2.59. The van der Waals surface area contributed by atoms with Crippen LogP contribution in [-0.2, 0) is 28.6 Å². The third-order valence-electron chi connectivity index (χ3n) is 11.8. The van der Waals surface area contributed by atoms with E-state index in [-0.39, 0.29) is 109 Å². The molecule has 7 atom stereocenters. The molecule has 0 aromatic heterocycles. The Morgan fingerprint density at radius 3 is 1.04 bits per heavy atom. The van der Waals surface area contributed by atoms with Crippen molar-refractivity contribution in [3.8, 4) is 0 Å². The number of carboxylic acids is 1. The zero-order valence-electron chi connectivity index (χ0n) is 31.4. The second-order valence-corrected chi connectivity index (χ2v) is 14.7. The maximum Gasteiger partial charge on any atom is 1.00 e. The first-order valence-corrected chi connectivity index (χ1v) is 17.6. The zero-order chi connectivity index (χ0) is 36.7. The Morgan fingerprint density at radius 2 is 0.868 bits per heavy atom. The van der Waals surface area contributed by atoms with Crippen LogP contribution in [0.3, 0.4) is 0 Å². The van der Waals surface area contributed by atoms with E-state index in [9.17, 15) is 40.7 Å². The average molecular weight is 795 g/mol. The Labute approximate surface area is 354 Å². The topological polar surface area (TPSA) is 152 Å². The van der Waals surface area contributed by atoms with Crippen LogP contribution < -0.4 is 64.2 Å². The van der Waals surface area contributed by atoms with Gasteiger partial charge in [0.2, 0.25) is 0 Å². The molecule has 2 N–H and O–H groups in total. The van der Waals surface area contributed by atoms with E-state index in [0.717, 1.165) is 13.7 Å². The molecule has 6 saturated carbocycles. The van der Waals surface area contributed by atoms with Gasteiger partial charge >= 0.3 is 77.0 Å². The molecule has 7 fully saturated rings. The van der Waals surface area contributed by atoms with Gasteiger partial charge in [0.25, 0.3) is 17.8 Å². The van der Waals surface area contributed by atoms with Crippen molar-refractivity contribution in [3.05, 3.63) is 0 Å². The van der Waals surface area contributed by atoms with Gasteiger partial charge in [0.05, 0.1) is 38.1 Å². The van der Waals surface area contributed by atoms with E-state index >= 15 is 0 Å². The SMILES string of the molecule is C.CC1CCCO1.COC(=O)C1CC2CCC(C1)C2(F)F.COC(=O)C1CC2CCC(C1)C2(F)F.C[O-].O=C(O)C1CC2CCC(C1)C2(F)F.[Na+].[Na+].[OH-]. The van der Waals surface area contributed by atoms with Gasteiger partial charge in [-0.25, -0.2) is 26.3 Å². The van der Waals surface area contributed by atoms with E-state index in [1.165, 1.54) is 27.1 Å². The predicted octanol–water partition coefficient (Wildman–Crippen LogP) is 1.23. The molecule has 0 aromatic rings. The van der Waals surface area contributed by atoms with Crippen molar-refractivity contribution in [1.82, 2.24) is 0 Å². The Morgan fingerprint density at radius 1 is 0.604 bits per heavy atom. The van der Waals surface area contributed by atoms with E-state index < -0.39 is 65.2 Å². The van der Waals surface area contributed by atoms with Crippen molar-refractivity contribution in [2.45, 2.75) is 128 Å². The number of carboxylic acid groups (broad SMARTS) is 1. The van der Waals surface area contributed by atoms with Gasteiger partial charge in [0, 0.05) is 42.1 Å². The summed E-state index contributed by atoms with van der Waals surface area (Å²) in [6.45, 7) is 3.11. The number of fused-ring (bicyclic) bond motifs is 6. The molecular weight excluding hydrogens is 736 g/mol. The van der Waals surface area contributed by atoms with Crippen LogP contribution in [0.4, 0.5) is 26.3 Å². The summed E-state index contributed by atoms with van der Waals surface area (Å²) in [6.07, 6.45) is 7.86. The summed E-state index contributed by atoms with van der Waals surface area (Å²) in [4.78, 5) is 33.1. The van der Waals surface area contributed by atoms with Gasteiger partial charge in [-0.15, -0.1) is 0 Å². The zero-order valence-corrected chi connectivity index (χ0v) is 35.4.